The van der Waals surface area contributed by atoms with E-state index in [2.05, 4.69) is 51.0 Å². The van der Waals surface area contributed by atoms with Crippen LogP contribution in [0.2, 0.25) is 0 Å². The molecule has 0 radical (unpaired) electrons. The monoisotopic (exact) mass is 491 g/mol. The van der Waals surface area contributed by atoms with Crippen molar-refractivity contribution in [2.75, 3.05) is 5.32 Å². The molecule has 0 saturated heterocycles. The first kappa shape index (κ1) is 22.1. The van der Waals surface area contributed by atoms with Gasteiger partial charge in [-0.05, 0) is 36.8 Å². The second-order valence-electron chi connectivity index (χ2n) is 7.89. The number of fused-ring (bicyclic) bond motifs is 1. The van der Waals surface area contributed by atoms with Crippen LogP contribution in [0.5, 0.6) is 0 Å². The Balaban J connectivity index is 1.52. The highest BCUT2D eigenvalue weighted by atomic mass is 32.1. The van der Waals surface area contributed by atoms with Gasteiger partial charge in [0.25, 0.3) is 0 Å². The molecule has 0 bridgehead atoms. The molecule has 1 aromatic carbocycles. The molecule has 4 heterocycles. The van der Waals surface area contributed by atoms with Crippen molar-refractivity contribution in [1.82, 2.24) is 19.1 Å². The number of carboxylic acids is 1. The molecule has 5 aromatic rings. The number of amides is 1. The largest absolute Gasteiger partial charge is 0.477 e. The Hall–Kier alpha value is -3.76. The number of carboxylic acid groups (broad SMARTS) is 1. The normalized spacial score (nSPS) is 11.2. The minimum Gasteiger partial charge on any atom is -0.477 e. The summed E-state index contributed by atoms with van der Waals surface area (Å²) in [4.78, 5) is 31.8. The molecule has 34 heavy (non-hydrogen) atoms. The van der Waals surface area contributed by atoms with Gasteiger partial charge in [0, 0.05) is 48.9 Å². The van der Waals surface area contributed by atoms with E-state index in [9.17, 15) is 14.7 Å². The maximum Gasteiger partial charge on any atom is 0.345 e. The standard InChI is InChI=1S/C24H21N5O3S2/c1-14-9-17(28-8-6-25-13-28)3-4-18(14)19-10-21-20(11-22(34-21)23(31)32)29(19)7-5-16-12-33-24(27-16)26-15(2)30/h3-4,6,8-13H,5,7H2,1-2H3,(H,31,32)(H,26,27,30). The smallest absolute Gasteiger partial charge is 0.345 e. The number of hydrogen-bond donors (Lipinski definition) is 2. The summed E-state index contributed by atoms with van der Waals surface area (Å²) in [6.45, 7) is 4.16. The van der Waals surface area contributed by atoms with Crippen LogP contribution in [-0.4, -0.2) is 36.1 Å². The predicted molar refractivity (Wildman–Crippen MR) is 134 cm³/mol. The van der Waals surface area contributed by atoms with Crippen LogP contribution < -0.4 is 5.32 Å². The van der Waals surface area contributed by atoms with E-state index in [0.717, 1.165) is 38.4 Å². The van der Waals surface area contributed by atoms with Crippen molar-refractivity contribution in [2.45, 2.75) is 26.8 Å². The molecule has 1 amide bonds. The quantitative estimate of drug-likeness (QED) is 0.325. The molecule has 5 rings (SSSR count). The number of nitrogens with one attached hydrogen (secondary N) is 1. The number of hydrogen-bond acceptors (Lipinski definition) is 6. The van der Waals surface area contributed by atoms with Gasteiger partial charge in [-0.2, -0.15) is 0 Å². The Morgan fingerprint density at radius 2 is 2.06 bits per heavy atom. The van der Waals surface area contributed by atoms with Gasteiger partial charge >= 0.3 is 5.97 Å². The van der Waals surface area contributed by atoms with E-state index in [1.807, 2.05) is 16.1 Å². The minimum absolute atomic E-state index is 0.149. The van der Waals surface area contributed by atoms with E-state index in [1.165, 1.54) is 29.6 Å². The van der Waals surface area contributed by atoms with Crippen molar-refractivity contribution in [3.05, 3.63) is 70.6 Å². The zero-order valence-corrected chi connectivity index (χ0v) is 20.1. The number of imidazole rings is 1. The minimum atomic E-state index is -0.922. The summed E-state index contributed by atoms with van der Waals surface area (Å²) >= 11 is 2.68. The van der Waals surface area contributed by atoms with Crippen molar-refractivity contribution in [1.29, 1.82) is 0 Å². The molecule has 0 unspecified atom stereocenters. The van der Waals surface area contributed by atoms with E-state index in [1.54, 1.807) is 18.6 Å². The fourth-order valence-corrected chi connectivity index (χ4v) is 5.70. The number of carbonyl (C=O) groups is 2. The maximum atomic E-state index is 11.6. The lowest BCUT2D eigenvalue weighted by molar-refractivity contribution is -0.114. The van der Waals surface area contributed by atoms with Gasteiger partial charge in [-0.15, -0.1) is 22.7 Å². The Kier molecular flexibility index (Phi) is 5.76. The average molecular weight is 492 g/mol. The summed E-state index contributed by atoms with van der Waals surface area (Å²) < 4.78 is 5.06. The van der Waals surface area contributed by atoms with Crippen LogP contribution >= 0.6 is 22.7 Å². The molecule has 8 nitrogen and oxygen atoms in total. The van der Waals surface area contributed by atoms with Gasteiger partial charge in [-0.3, -0.25) is 4.79 Å². The second kappa shape index (κ2) is 8.88. The lowest BCUT2D eigenvalue weighted by Crippen LogP contribution is -2.06. The van der Waals surface area contributed by atoms with E-state index in [0.29, 0.717) is 23.0 Å². The summed E-state index contributed by atoms with van der Waals surface area (Å²) in [7, 11) is 0. The number of aryl methyl sites for hydroxylation is 3. The number of aromatic nitrogens is 4. The highest BCUT2D eigenvalue weighted by Crippen LogP contribution is 2.36. The summed E-state index contributed by atoms with van der Waals surface area (Å²) in [5.41, 5.74) is 6.03. The van der Waals surface area contributed by atoms with Crippen molar-refractivity contribution in [3.63, 3.8) is 0 Å². The summed E-state index contributed by atoms with van der Waals surface area (Å²) in [6.07, 6.45) is 6.07. The second-order valence-corrected chi connectivity index (χ2v) is 9.83. The van der Waals surface area contributed by atoms with Crippen molar-refractivity contribution in [2.24, 2.45) is 0 Å². The van der Waals surface area contributed by atoms with E-state index < -0.39 is 5.97 Å². The van der Waals surface area contributed by atoms with Gasteiger partial charge in [-0.25, -0.2) is 14.8 Å². The molecule has 0 aliphatic carbocycles. The third-order valence-corrected chi connectivity index (χ3v) is 7.38. The predicted octanol–water partition coefficient (Wildman–Crippen LogP) is 5.22. The molecule has 2 N–H and O–H groups in total. The Bertz CT molecular complexity index is 1510. The van der Waals surface area contributed by atoms with Crippen LogP contribution in [0.4, 0.5) is 5.13 Å². The first-order valence-electron chi connectivity index (χ1n) is 10.6. The summed E-state index contributed by atoms with van der Waals surface area (Å²) in [5.74, 6) is -1.07. The van der Waals surface area contributed by atoms with E-state index in [-0.39, 0.29) is 5.91 Å². The van der Waals surface area contributed by atoms with Crippen LogP contribution in [0, 0.1) is 6.92 Å². The molecule has 10 heteroatoms. The SMILES string of the molecule is CC(=O)Nc1nc(CCn2c(-c3ccc(-n4ccnc4)cc3C)cc3sc(C(=O)O)cc32)cs1. The number of aromatic carboxylic acids is 1. The Morgan fingerprint density at radius 1 is 1.21 bits per heavy atom. The summed E-state index contributed by atoms with van der Waals surface area (Å²) in [5, 5.41) is 14.7. The number of nitrogens with zero attached hydrogens (tertiary/aromatic N) is 4. The van der Waals surface area contributed by atoms with Gasteiger partial charge < -0.3 is 19.6 Å². The fourth-order valence-electron chi connectivity index (χ4n) is 3.97. The molecule has 172 valence electrons. The van der Waals surface area contributed by atoms with Crippen molar-refractivity contribution < 1.29 is 14.7 Å². The molecule has 0 aliphatic rings. The number of benzene rings is 1. The van der Waals surface area contributed by atoms with Crippen LogP contribution in [0.15, 0.2) is 54.4 Å². The highest BCUT2D eigenvalue weighted by molar-refractivity contribution is 7.20. The van der Waals surface area contributed by atoms with Gasteiger partial charge in [-0.1, -0.05) is 6.07 Å². The third-order valence-electron chi connectivity index (χ3n) is 5.52. The Labute approximate surface area is 203 Å². The lowest BCUT2D eigenvalue weighted by Gasteiger charge is -2.13. The molecular formula is C24H21N5O3S2. The molecule has 0 spiro atoms. The first-order valence-corrected chi connectivity index (χ1v) is 12.3. The average Bonchev–Trinajstić information content (AvgIpc) is 3.56. The van der Waals surface area contributed by atoms with Gasteiger partial charge in [0.2, 0.25) is 5.91 Å². The number of rotatable bonds is 7. The van der Waals surface area contributed by atoms with Crippen molar-refractivity contribution >= 4 is 49.9 Å². The van der Waals surface area contributed by atoms with Crippen LogP contribution in [0.1, 0.15) is 27.9 Å². The van der Waals surface area contributed by atoms with E-state index in [4.69, 9.17) is 0 Å². The molecule has 4 aromatic heterocycles. The molecular weight excluding hydrogens is 470 g/mol. The van der Waals surface area contributed by atoms with Gasteiger partial charge in [0.15, 0.2) is 5.13 Å². The topological polar surface area (TPSA) is 102 Å². The van der Waals surface area contributed by atoms with E-state index >= 15 is 0 Å². The van der Waals surface area contributed by atoms with Gasteiger partial charge in [0.1, 0.15) is 4.88 Å². The van der Waals surface area contributed by atoms with Crippen LogP contribution in [0.3, 0.4) is 0 Å². The zero-order valence-electron chi connectivity index (χ0n) is 18.5. The number of anilines is 1. The Morgan fingerprint density at radius 3 is 2.76 bits per heavy atom. The fraction of sp³-hybridized carbons (Fsp3) is 0.167. The molecule has 0 saturated carbocycles. The number of thiazole rings is 1. The third kappa shape index (κ3) is 4.25. The number of thiophene rings is 1. The zero-order chi connectivity index (χ0) is 23.8. The lowest BCUT2D eigenvalue weighted by atomic mass is 10.0. The first-order chi connectivity index (χ1) is 16.4. The maximum absolute atomic E-state index is 11.6. The molecule has 0 aliphatic heterocycles. The van der Waals surface area contributed by atoms with Crippen LogP contribution in [-0.2, 0) is 17.8 Å². The number of carbonyl (C=O) groups excluding carboxylic acids is 1. The molecule has 0 atom stereocenters. The highest BCUT2D eigenvalue weighted by Gasteiger charge is 2.18. The van der Waals surface area contributed by atoms with Crippen molar-refractivity contribution in [3.8, 4) is 16.9 Å². The van der Waals surface area contributed by atoms with Gasteiger partial charge in [0.05, 0.1) is 27.9 Å². The summed E-state index contributed by atoms with van der Waals surface area (Å²) in [6, 6.07) is 10.1. The van der Waals surface area contributed by atoms with Crippen LogP contribution in [0.25, 0.3) is 27.2 Å². The molecule has 0 fully saturated rings.